The van der Waals surface area contributed by atoms with Crippen molar-refractivity contribution in [3.8, 4) is 0 Å². The van der Waals surface area contributed by atoms with Crippen LogP contribution in [0.2, 0.25) is 0 Å². The number of hydrogen-bond acceptors (Lipinski definition) is 4. The molecule has 1 saturated heterocycles. The van der Waals surface area contributed by atoms with Gasteiger partial charge in [-0.3, -0.25) is 0 Å². The van der Waals surface area contributed by atoms with Crippen molar-refractivity contribution in [2.24, 2.45) is 5.92 Å². The zero-order valence-corrected chi connectivity index (χ0v) is 10.2. The molecule has 1 heterocycles. The van der Waals surface area contributed by atoms with E-state index >= 15 is 0 Å². The van der Waals surface area contributed by atoms with E-state index in [1.165, 1.54) is 0 Å². The minimum absolute atomic E-state index is 0.109. The molecule has 0 aliphatic carbocycles. The molecule has 1 fully saturated rings. The first kappa shape index (κ1) is 13.0. The summed E-state index contributed by atoms with van der Waals surface area (Å²) in [5, 5.41) is 10.2. The fraction of sp³-hybridized carbons (Fsp3) is 1.00. The van der Waals surface area contributed by atoms with Gasteiger partial charge in [0.2, 0.25) is 0 Å². The van der Waals surface area contributed by atoms with E-state index in [-0.39, 0.29) is 18.0 Å². The largest absolute Gasteiger partial charge is 0.387 e. The van der Waals surface area contributed by atoms with E-state index in [4.69, 9.17) is 14.2 Å². The van der Waals surface area contributed by atoms with Gasteiger partial charge in [-0.2, -0.15) is 0 Å². The highest BCUT2D eigenvalue weighted by molar-refractivity contribution is 6.11. The highest BCUT2D eigenvalue weighted by atomic mass is 16.6. The molecule has 0 bridgehead atoms. The van der Waals surface area contributed by atoms with Crippen molar-refractivity contribution < 1.29 is 19.3 Å². The molecule has 88 valence electrons. The zero-order chi connectivity index (χ0) is 11.6. The fourth-order valence-corrected chi connectivity index (χ4v) is 2.33. The fourth-order valence-electron chi connectivity index (χ4n) is 2.33. The van der Waals surface area contributed by atoms with Gasteiger partial charge in [0.05, 0.1) is 12.6 Å². The Labute approximate surface area is 92.3 Å². The molecule has 0 aromatic rings. The van der Waals surface area contributed by atoms with Crippen molar-refractivity contribution in [2.45, 2.75) is 37.7 Å². The van der Waals surface area contributed by atoms with Gasteiger partial charge in [-0.25, -0.2) is 0 Å². The molecule has 1 aliphatic heterocycles. The van der Waals surface area contributed by atoms with Crippen molar-refractivity contribution in [1.29, 1.82) is 0 Å². The molecule has 4 nitrogen and oxygen atoms in total. The molecule has 0 aromatic heterocycles. The van der Waals surface area contributed by atoms with Gasteiger partial charge in [0.15, 0.2) is 0 Å². The van der Waals surface area contributed by atoms with Crippen molar-refractivity contribution in [3.63, 3.8) is 0 Å². The highest BCUT2D eigenvalue weighted by Gasteiger charge is 2.54. The SMILES string of the molecule is B[C@@H]1O[C@@](COC)(C(C)C)[C@@H](O)[C@H]1OC. The molecule has 15 heavy (non-hydrogen) atoms. The van der Waals surface area contributed by atoms with Crippen molar-refractivity contribution in [1.82, 2.24) is 0 Å². The van der Waals surface area contributed by atoms with E-state index in [0.717, 1.165) is 0 Å². The van der Waals surface area contributed by atoms with Gasteiger partial charge in [-0.1, -0.05) is 13.8 Å². The standard InChI is InChI=1S/C10H21BO4/c1-6(2)10(5-13-3)8(12)7(14-4)9(11)15-10/h6-9,12H,5,11H2,1-4H3/t7-,8+,9-,10+/m1/s1. The molecular formula is C10H21BO4. The lowest BCUT2D eigenvalue weighted by molar-refractivity contribution is -0.135. The third-order valence-corrected chi connectivity index (χ3v) is 3.30. The van der Waals surface area contributed by atoms with Gasteiger partial charge in [0.25, 0.3) is 0 Å². The van der Waals surface area contributed by atoms with Crippen LogP contribution in [0.15, 0.2) is 0 Å². The molecule has 5 heteroatoms. The predicted molar refractivity (Wildman–Crippen MR) is 59.7 cm³/mol. The summed E-state index contributed by atoms with van der Waals surface area (Å²) in [5.41, 5.74) is -0.644. The quantitative estimate of drug-likeness (QED) is 0.637. The molecule has 1 aliphatic rings. The Morgan fingerprint density at radius 2 is 2.07 bits per heavy atom. The summed E-state index contributed by atoms with van der Waals surface area (Å²) < 4.78 is 16.3. The molecule has 0 saturated carbocycles. The molecule has 4 atom stereocenters. The van der Waals surface area contributed by atoms with Crippen molar-refractivity contribution in [3.05, 3.63) is 0 Å². The van der Waals surface area contributed by atoms with Crippen LogP contribution in [-0.4, -0.2) is 57.6 Å². The Kier molecular flexibility index (Phi) is 4.17. The van der Waals surface area contributed by atoms with Gasteiger partial charge >= 0.3 is 0 Å². The van der Waals surface area contributed by atoms with Crippen LogP contribution in [0.1, 0.15) is 13.8 Å². The number of aliphatic hydroxyl groups is 1. The molecule has 0 aromatic carbocycles. The topological polar surface area (TPSA) is 47.9 Å². The van der Waals surface area contributed by atoms with E-state index in [9.17, 15) is 5.11 Å². The third kappa shape index (κ3) is 2.06. The maximum Gasteiger partial charge on any atom is 0.142 e. The van der Waals surface area contributed by atoms with E-state index in [1.54, 1.807) is 14.2 Å². The second-order valence-corrected chi connectivity index (χ2v) is 4.51. The van der Waals surface area contributed by atoms with Crippen LogP contribution in [0.3, 0.4) is 0 Å². The van der Waals surface area contributed by atoms with Crippen LogP contribution in [-0.2, 0) is 14.2 Å². The summed E-state index contributed by atoms with van der Waals surface area (Å²) in [6, 6.07) is -0.109. The normalized spacial score (nSPS) is 41.3. The molecule has 1 N–H and O–H groups in total. The molecule has 0 spiro atoms. The van der Waals surface area contributed by atoms with Gasteiger partial charge < -0.3 is 19.3 Å². The monoisotopic (exact) mass is 216 g/mol. The minimum atomic E-state index is -0.644. The average molecular weight is 216 g/mol. The summed E-state index contributed by atoms with van der Waals surface area (Å²) in [4.78, 5) is 0. The minimum Gasteiger partial charge on any atom is -0.387 e. The molecule has 0 radical (unpaired) electrons. The third-order valence-electron chi connectivity index (χ3n) is 3.30. The maximum absolute atomic E-state index is 10.2. The predicted octanol–water partition coefficient (Wildman–Crippen LogP) is -0.607. The van der Waals surface area contributed by atoms with Crippen LogP contribution >= 0.6 is 0 Å². The van der Waals surface area contributed by atoms with E-state index in [2.05, 4.69) is 0 Å². The van der Waals surface area contributed by atoms with Gasteiger partial charge in [0.1, 0.15) is 25.7 Å². The molecule has 0 amide bonds. The van der Waals surface area contributed by atoms with E-state index in [1.807, 2.05) is 21.7 Å². The Morgan fingerprint density at radius 3 is 2.40 bits per heavy atom. The van der Waals surface area contributed by atoms with E-state index < -0.39 is 11.7 Å². The summed E-state index contributed by atoms with van der Waals surface area (Å²) in [7, 11) is 5.12. The Balaban J connectivity index is 2.91. The lowest BCUT2D eigenvalue weighted by Crippen LogP contribution is -2.51. The van der Waals surface area contributed by atoms with Crippen LogP contribution < -0.4 is 0 Å². The molecule has 1 rings (SSSR count). The summed E-state index contributed by atoms with van der Waals surface area (Å²) in [6.07, 6.45) is -0.917. The first-order valence-electron chi connectivity index (χ1n) is 5.37. The van der Waals surface area contributed by atoms with Gasteiger partial charge in [-0.15, -0.1) is 0 Å². The van der Waals surface area contributed by atoms with Crippen molar-refractivity contribution >= 4 is 7.85 Å². The van der Waals surface area contributed by atoms with Gasteiger partial charge in [-0.05, 0) is 5.92 Å². The number of hydrogen-bond donors (Lipinski definition) is 1. The van der Waals surface area contributed by atoms with Crippen LogP contribution in [0, 0.1) is 5.92 Å². The summed E-state index contributed by atoms with van der Waals surface area (Å²) >= 11 is 0. The Bertz CT molecular complexity index is 212. The number of ether oxygens (including phenoxy) is 3. The molecular weight excluding hydrogens is 195 g/mol. The second kappa shape index (κ2) is 4.83. The van der Waals surface area contributed by atoms with Crippen LogP contribution in [0.25, 0.3) is 0 Å². The summed E-state index contributed by atoms with van der Waals surface area (Å²) in [6.45, 7) is 4.43. The lowest BCUT2D eigenvalue weighted by atomic mass is 9.83. The maximum atomic E-state index is 10.2. The molecule has 0 unspecified atom stereocenters. The number of methoxy groups -OCH3 is 2. The number of rotatable bonds is 4. The zero-order valence-electron chi connectivity index (χ0n) is 10.2. The second-order valence-electron chi connectivity index (χ2n) is 4.51. The number of aliphatic hydroxyl groups excluding tert-OH is 1. The van der Waals surface area contributed by atoms with Crippen LogP contribution in [0.4, 0.5) is 0 Å². The first-order valence-corrected chi connectivity index (χ1v) is 5.37. The lowest BCUT2D eigenvalue weighted by Gasteiger charge is -2.35. The summed E-state index contributed by atoms with van der Waals surface area (Å²) in [5.74, 6) is 0.176. The first-order chi connectivity index (χ1) is 6.99. The Morgan fingerprint density at radius 1 is 1.47 bits per heavy atom. The smallest absolute Gasteiger partial charge is 0.142 e. The highest BCUT2D eigenvalue weighted by Crippen LogP contribution is 2.37. The Hall–Kier alpha value is -0.0951. The van der Waals surface area contributed by atoms with Gasteiger partial charge in [0, 0.05) is 14.2 Å². The average Bonchev–Trinajstić information content (AvgIpc) is 2.40. The van der Waals surface area contributed by atoms with E-state index in [0.29, 0.717) is 6.61 Å². The van der Waals surface area contributed by atoms with Crippen LogP contribution in [0.5, 0.6) is 0 Å². The van der Waals surface area contributed by atoms with Crippen molar-refractivity contribution in [2.75, 3.05) is 20.8 Å².